The van der Waals surface area contributed by atoms with E-state index in [-0.39, 0.29) is 47.0 Å². The van der Waals surface area contributed by atoms with Crippen LogP contribution in [-0.2, 0) is 16.3 Å². The van der Waals surface area contributed by atoms with Gasteiger partial charge >= 0.3 is 0 Å². The first kappa shape index (κ1) is 24.3. The number of sulfone groups is 1. The molecule has 0 saturated heterocycles. The standard InChI is InChI=1S/C19H23F2N3O2S.HI/c1-14-13-16(20)8-7-15(14)9-10-23-19(22-2)24-11-12-27(25,26)18-6-4-3-5-17(18)21;/h3-8,13H,9-12H2,1-2H3,(H2,22,23,24);1H. The molecule has 0 spiro atoms. The molecule has 5 nitrogen and oxygen atoms in total. The number of aryl methyl sites for hydroxylation is 1. The summed E-state index contributed by atoms with van der Waals surface area (Å²) in [5, 5.41) is 5.98. The Balaban J connectivity index is 0.00000392. The van der Waals surface area contributed by atoms with Gasteiger partial charge < -0.3 is 10.6 Å². The Bertz CT molecular complexity index is 921. The van der Waals surface area contributed by atoms with Gasteiger partial charge in [-0.2, -0.15) is 0 Å². The number of nitrogens with zero attached hydrogens (tertiary/aromatic N) is 1. The van der Waals surface area contributed by atoms with E-state index in [2.05, 4.69) is 15.6 Å². The van der Waals surface area contributed by atoms with Gasteiger partial charge in [0.2, 0.25) is 0 Å². The van der Waals surface area contributed by atoms with Crippen molar-refractivity contribution in [3.8, 4) is 0 Å². The zero-order valence-electron chi connectivity index (χ0n) is 15.7. The van der Waals surface area contributed by atoms with Crippen molar-refractivity contribution in [3.05, 3.63) is 65.2 Å². The van der Waals surface area contributed by atoms with E-state index >= 15 is 0 Å². The lowest BCUT2D eigenvalue weighted by Crippen LogP contribution is -2.40. The summed E-state index contributed by atoms with van der Waals surface area (Å²) in [6.45, 7) is 2.48. The van der Waals surface area contributed by atoms with Crippen LogP contribution in [0.1, 0.15) is 11.1 Å². The highest BCUT2D eigenvalue weighted by atomic mass is 127. The fraction of sp³-hybridized carbons (Fsp3) is 0.316. The average Bonchev–Trinajstić information content (AvgIpc) is 2.62. The zero-order chi connectivity index (χ0) is 19.9. The molecule has 0 unspecified atom stereocenters. The molecule has 0 aliphatic heterocycles. The molecular weight excluding hydrogens is 499 g/mol. The number of halogens is 3. The van der Waals surface area contributed by atoms with Crippen molar-refractivity contribution in [2.75, 3.05) is 25.9 Å². The van der Waals surface area contributed by atoms with E-state index in [4.69, 9.17) is 0 Å². The molecule has 0 bridgehead atoms. The molecule has 0 atom stereocenters. The largest absolute Gasteiger partial charge is 0.356 e. The third-order valence-corrected chi connectivity index (χ3v) is 5.79. The van der Waals surface area contributed by atoms with Gasteiger partial charge in [-0.3, -0.25) is 4.99 Å². The fourth-order valence-electron chi connectivity index (χ4n) is 2.59. The number of hydrogen-bond acceptors (Lipinski definition) is 3. The summed E-state index contributed by atoms with van der Waals surface area (Å²) in [5.41, 5.74) is 1.89. The van der Waals surface area contributed by atoms with E-state index in [1.54, 1.807) is 13.1 Å². The number of rotatable bonds is 7. The molecule has 2 N–H and O–H groups in total. The second-order valence-corrected chi connectivity index (χ2v) is 8.07. The van der Waals surface area contributed by atoms with Crippen LogP contribution in [0.3, 0.4) is 0 Å². The van der Waals surface area contributed by atoms with Crippen LogP contribution in [0.25, 0.3) is 0 Å². The smallest absolute Gasteiger partial charge is 0.191 e. The predicted octanol–water partition coefficient (Wildman–Crippen LogP) is 3.07. The summed E-state index contributed by atoms with van der Waals surface area (Å²) in [6, 6.07) is 9.95. The second kappa shape index (κ2) is 11.3. The molecule has 0 aliphatic carbocycles. The van der Waals surface area contributed by atoms with E-state index in [0.717, 1.165) is 17.2 Å². The Labute approximate surface area is 181 Å². The lowest BCUT2D eigenvalue weighted by atomic mass is 10.1. The van der Waals surface area contributed by atoms with Gasteiger partial charge in [0, 0.05) is 20.1 Å². The van der Waals surface area contributed by atoms with E-state index in [9.17, 15) is 17.2 Å². The van der Waals surface area contributed by atoms with E-state index in [0.29, 0.717) is 18.9 Å². The molecule has 0 radical (unpaired) electrons. The molecule has 2 aromatic rings. The summed E-state index contributed by atoms with van der Waals surface area (Å²) < 4.78 is 51.2. The Hall–Kier alpha value is -1.75. The van der Waals surface area contributed by atoms with E-state index in [1.165, 1.54) is 30.3 Å². The molecule has 9 heteroatoms. The second-order valence-electron chi connectivity index (χ2n) is 6.00. The van der Waals surface area contributed by atoms with Crippen LogP contribution < -0.4 is 10.6 Å². The van der Waals surface area contributed by atoms with Crippen molar-refractivity contribution in [2.24, 2.45) is 4.99 Å². The molecule has 0 heterocycles. The van der Waals surface area contributed by atoms with Crippen LogP contribution >= 0.6 is 24.0 Å². The molecule has 0 aromatic heterocycles. The minimum atomic E-state index is -3.72. The molecule has 0 aliphatic rings. The topological polar surface area (TPSA) is 70.6 Å². The van der Waals surface area contributed by atoms with Crippen LogP contribution in [0.4, 0.5) is 8.78 Å². The molecular formula is C19H24F2IN3O2S. The Morgan fingerprint density at radius 3 is 2.39 bits per heavy atom. The van der Waals surface area contributed by atoms with Crippen molar-refractivity contribution in [1.29, 1.82) is 0 Å². The van der Waals surface area contributed by atoms with Crippen molar-refractivity contribution in [2.45, 2.75) is 18.2 Å². The highest BCUT2D eigenvalue weighted by molar-refractivity contribution is 14.0. The third-order valence-electron chi connectivity index (χ3n) is 4.05. The van der Waals surface area contributed by atoms with Crippen LogP contribution in [0.15, 0.2) is 52.4 Å². The normalized spacial score (nSPS) is 11.6. The molecule has 28 heavy (non-hydrogen) atoms. The van der Waals surface area contributed by atoms with Crippen LogP contribution in [0.2, 0.25) is 0 Å². The van der Waals surface area contributed by atoms with Crippen LogP contribution in [-0.4, -0.2) is 40.3 Å². The number of nitrogens with one attached hydrogen (secondary N) is 2. The molecule has 0 fully saturated rings. The average molecular weight is 523 g/mol. The summed E-state index contributed by atoms with van der Waals surface area (Å²) in [7, 11) is -2.15. The van der Waals surface area contributed by atoms with Gasteiger partial charge in [0.25, 0.3) is 0 Å². The molecule has 2 aromatic carbocycles. The van der Waals surface area contributed by atoms with Gasteiger partial charge in [-0.05, 0) is 48.7 Å². The van der Waals surface area contributed by atoms with Crippen LogP contribution in [0.5, 0.6) is 0 Å². The molecule has 154 valence electrons. The van der Waals surface area contributed by atoms with Crippen molar-refractivity contribution in [3.63, 3.8) is 0 Å². The first-order chi connectivity index (χ1) is 12.8. The van der Waals surface area contributed by atoms with Crippen molar-refractivity contribution >= 4 is 39.8 Å². The van der Waals surface area contributed by atoms with Gasteiger partial charge in [-0.1, -0.05) is 18.2 Å². The van der Waals surface area contributed by atoms with Gasteiger partial charge in [-0.15, -0.1) is 24.0 Å². The van der Waals surface area contributed by atoms with E-state index < -0.39 is 15.7 Å². The van der Waals surface area contributed by atoms with Gasteiger partial charge in [0.1, 0.15) is 16.5 Å². The third kappa shape index (κ3) is 7.01. The highest BCUT2D eigenvalue weighted by Crippen LogP contribution is 2.14. The summed E-state index contributed by atoms with van der Waals surface area (Å²) in [5.74, 6) is -0.836. The monoisotopic (exact) mass is 523 g/mol. The SMILES string of the molecule is CN=C(NCCc1ccc(F)cc1C)NCCS(=O)(=O)c1ccccc1F.I. The Morgan fingerprint density at radius 1 is 1.07 bits per heavy atom. The molecule has 2 rings (SSSR count). The maximum Gasteiger partial charge on any atom is 0.191 e. The number of guanidine groups is 1. The summed E-state index contributed by atoms with van der Waals surface area (Å²) in [6.07, 6.45) is 0.667. The number of hydrogen-bond donors (Lipinski definition) is 2. The Morgan fingerprint density at radius 2 is 1.75 bits per heavy atom. The van der Waals surface area contributed by atoms with Gasteiger partial charge in [-0.25, -0.2) is 17.2 Å². The fourth-order valence-corrected chi connectivity index (χ4v) is 3.83. The summed E-state index contributed by atoms with van der Waals surface area (Å²) >= 11 is 0. The zero-order valence-corrected chi connectivity index (χ0v) is 18.9. The minimum Gasteiger partial charge on any atom is -0.356 e. The lowest BCUT2D eigenvalue weighted by molar-refractivity contribution is 0.566. The van der Waals surface area contributed by atoms with Gasteiger partial charge in [0.15, 0.2) is 15.8 Å². The van der Waals surface area contributed by atoms with Crippen LogP contribution in [0, 0.1) is 18.6 Å². The van der Waals surface area contributed by atoms with E-state index in [1.807, 2.05) is 6.92 Å². The minimum absolute atomic E-state index is 0. The molecule has 0 amide bonds. The molecule has 0 saturated carbocycles. The lowest BCUT2D eigenvalue weighted by Gasteiger charge is -2.13. The van der Waals surface area contributed by atoms with Gasteiger partial charge in [0.05, 0.1) is 5.75 Å². The maximum atomic E-state index is 13.7. The highest BCUT2D eigenvalue weighted by Gasteiger charge is 2.18. The predicted molar refractivity (Wildman–Crippen MR) is 118 cm³/mol. The first-order valence-electron chi connectivity index (χ1n) is 8.50. The summed E-state index contributed by atoms with van der Waals surface area (Å²) in [4.78, 5) is 3.73. The first-order valence-corrected chi connectivity index (χ1v) is 10.2. The maximum absolute atomic E-state index is 13.7. The number of aliphatic imine (C=N–C) groups is 1. The Kier molecular flexibility index (Phi) is 9.80. The van der Waals surface area contributed by atoms with Crippen molar-refractivity contribution in [1.82, 2.24) is 10.6 Å². The van der Waals surface area contributed by atoms with Crippen molar-refractivity contribution < 1.29 is 17.2 Å². The quantitative estimate of drug-likeness (QED) is 0.333. The number of benzene rings is 2.